The standard InChI is InChI=1S/C48H31NO/c1-3-12-32(13-4-1)34-22-24-36(25-23-34)49(37-17-11-16-35(30-37)33-14-5-2-6-15-33)38-26-27-40-39-18-7-8-19-41(39)47-42(44(40)31-38)28-29-46-48(47)43-20-9-10-21-45(43)50-46/h1-31H. The average molecular weight is 638 g/mol. The Hall–Kier alpha value is -6.64. The molecule has 0 fully saturated rings. The van der Waals surface area contributed by atoms with Crippen LogP contribution in [-0.2, 0) is 0 Å². The number of benzene rings is 9. The summed E-state index contributed by atoms with van der Waals surface area (Å²) >= 11 is 0. The number of para-hydroxylation sites is 1. The first-order valence-corrected chi connectivity index (χ1v) is 17.1. The fourth-order valence-corrected chi connectivity index (χ4v) is 7.72. The van der Waals surface area contributed by atoms with Crippen molar-refractivity contribution in [1.82, 2.24) is 0 Å². The molecule has 0 atom stereocenters. The molecule has 0 aliphatic carbocycles. The molecule has 10 aromatic rings. The third kappa shape index (κ3) is 4.57. The highest BCUT2D eigenvalue weighted by Gasteiger charge is 2.19. The van der Waals surface area contributed by atoms with E-state index in [-0.39, 0.29) is 0 Å². The first-order valence-electron chi connectivity index (χ1n) is 17.1. The predicted octanol–water partition coefficient (Wildman–Crippen LogP) is 13.8. The maximum atomic E-state index is 6.38. The molecular weight excluding hydrogens is 607 g/mol. The van der Waals surface area contributed by atoms with Crippen molar-refractivity contribution < 1.29 is 4.42 Å². The van der Waals surface area contributed by atoms with Gasteiger partial charge in [0.05, 0.1) is 0 Å². The van der Waals surface area contributed by atoms with Crippen LogP contribution in [0.5, 0.6) is 0 Å². The van der Waals surface area contributed by atoms with Crippen LogP contribution in [0.25, 0.3) is 76.5 Å². The van der Waals surface area contributed by atoms with E-state index in [9.17, 15) is 0 Å². The summed E-state index contributed by atoms with van der Waals surface area (Å²) in [5, 5.41) is 9.70. The van der Waals surface area contributed by atoms with Gasteiger partial charge in [0.15, 0.2) is 0 Å². The van der Waals surface area contributed by atoms with Gasteiger partial charge < -0.3 is 9.32 Å². The summed E-state index contributed by atoms with van der Waals surface area (Å²) in [5.74, 6) is 0. The Balaban J connectivity index is 1.23. The third-order valence-electron chi connectivity index (χ3n) is 10.0. The lowest BCUT2D eigenvalue weighted by Crippen LogP contribution is -2.10. The summed E-state index contributed by atoms with van der Waals surface area (Å²) in [4.78, 5) is 2.38. The van der Waals surface area contributed by atoms with E-state index in [1.807, 2.05) is 6.07 Å². The van der Waals surface area contributed by atoms with Gasteiger partial charge in [-0.15, -0.1) is 0 Å². The molecule has 234 valence electrons. The van der Waals surface area contributed by atoms with Crippen LogP contribution in [0.2, 0.25) is 0 Å². The molecule has 0 saturated heterocycles. The molecule has 2 heteroatoms. The van der Waals surface area contributed by atoms with Gasteiger partial charge in [-0.3, -0.25) is 0 Å². The zero-order chi connectivity index (χ0) is 33.0. The van der Waals surface area contributed by atoms with Crippen LogP contribution in [0.3, 0.4) is 0 Å². The third-order valence-corrected chi connectivity index (χ3v) is 10.0. The van der Waals surface area contributed by atoms with Crippen molar-refractivity contribution in [3.8, 4) is 22.3 Å². The highest BCUT2D eigenvalue weighted by Crippen LogP contribution is 2.45. The molecule has 0 spiro atoms. The lowest BCUT2D eigenvalue weighted by molar-refractivity contribution is 0.669. The Labute approximate surface area is 290 Å². The Bertz CT molecular complexity index is 2850. The zero-order valence-electron chi connectivity index (χ0n) is 27.3. The molecule has 0 aliphatic rings. The van der Waals surface area contributed by atoms with Gasteiger partial charge in [-0.2, -0.15) is 0 Å². The van der Waals surface area contributed by atoms with Gasteiger partial charge >= 0.3 is 0 Å². The fourth-order valence-electron chi connectivity index (χ4n) is 7.72. The van der Waals surface area contributed by atoms with E-state index in [0.29, 0.717) is 0 Å². The van der Waals surface area contributed by atoms with E-state index in [1.165, 1.54) is 60.0 Å². The number of rotatable bonds is 5. The van der Waals surface area contributed by atoms with E-state index >= 15 is 0 Å². The topological polar surface area (TPSA) is 16.4 Å². The minimum atomic E-state index is 0.913. The van der Waals surface area contributed by atoms with Gasteiger partial charge in [0.2, 0.25) is 0 Å². The molecule has 0 saturated carbocycles. The monoisotopic (exact) mass is 637 g/mol. The van der Waals surface area contributed by atoms with Crippen LogP contribution in [0.15, 0.2) is 192 Å². The second-order valence-electron chi connectivity index (χ2n) is 12.9. The molecule has 9 aromatic carbocycles. The Kier molecular flexibility index (Phi) is 6.53. The summed E-state index contributed by atoms with van der Waals surface area (Å²) in [7, 11) is 0. The van der Waals surface area contributed by atoms with E-state index in [0.717, 1.165) is 33.6 Å². The van der Waals surface area contributed by atoms with Gasteiger partial charge in [0.25, 0.3) is 0 Å². The highest BCUT2D eigenvalue weighted by molar-refractivity contribution is 6.34. The van der Waals surface area contributed by atoms with Crippen molar-refractivity contribution in [2.45, 2.75) is 0 Å². The largest absolute Gasteiger partial charge is 0.456 e. The molecular formula is C48H31NO. The first-order chi connectivity index (χ1) is 24.8. The smallest absolute Gasteiger partial charge is 0.136 e. The van der Waals surface area contributed by atoms with Crippen molar-refractivity contribution >= 4 is 71.3 Å². The van der Waals surface area contributed by atoms with Crippen molar-refractivity contribution in [2.24, 2.45) is 0 Å². The summed E-state index contributed by atoms with van der Waals surface area (Å²) in [6.45, 7) is 0. The van der Waals surface area contributed by atoms with Crippen molar-refractivity contribution in [3.05, 3.63) is 188 Å². The van der Waals surface area contributed by atoms with Crippen LogP contribution >= 0.6 is 0 Å². The summed E-state index contributed by atoms with van der Waals surface area (Å²) in [6, 6.07) is 67.5. The lowest BCUT2D eigenvalue weighted by atomic mass is 9.91. The average Bonchev–Trinajstić information content (AvgIpc) is 3.58. The fraction of sp³-hybridized carbons (Fsp3) is 0. The molecule has 0 unspecified atom stereocenters. The minimum absolute atomic E-state index is 0.913. The normalized spacial score (nSPS) is 11.6. The van der Waals surface area contributed by atoms with E-state index in [2.05, 4.69) is 187 Å². The maximum absolute atomic E-state index is 6.38. The van der Waals surface area contributed by atoms with Gasteiger partial charge in [0.1, 0.15) is 11.2 Å². The Morgan fingerprint density at radius 3 is 1.60 bits per heavy atom. The van der Waals surface area contributed by atoms with E-state index in [4.69, 9.17) is 4.42 Å². The number of hydrogen-bond donors (Lipinski definition) is 0. The van der Waals surface area contributed by atoms with Gasteiger partial charge in [-0.25, -0.2) is 0 Å². The number of nitrogens with zero attached hydrogens (tertiary/aromatic N) is 1. The number of anilines is 3. The number of fused-ring (bicyclic) bond motifs is 10. The zero-order valence-corrected chi connectivity index (χ0v) is 27.3. The molecule has 0 aliphatic heterocycles. The lowest BCUT2D eigenvalue weighted by Gasteiger charge is -2.27. The summed E-state index contributed by atoms with van der Waals surface area (Å²) < 4.78 is 6.38. The molecule has 1 aromatic heterocycles. The molecule has 0 amide bonds. The van der Waals surface area contributed by atoms with Crippen LogP contribution in [0, 0.1) is 0 Å². The highest BCUT2D eigenvalue weighted by atomic mass is 16.3. The molecule has 10 rings (SSSR count). The number of hydrogen-bond acceptors (Lipinski definition) is 2. The molecule has 0 radical (unpaired) electrons. The van der Waals surface area contributed by atoms with Crippen molar-refractivity contribution in [3.63, 3.8) is 0 Å². The summed E-state index contributed by atoms with van der Waals surface area (Å²) in [6.07, 6.45) is 0. The van der Waals surface area contributed by atoms with Crippen LogP contribution < -0.4 is 4.90 Å². The van der Waals surface area contributed by atoms with Crippen molar-refractivity contribution in [1.29, 1.82) is 0 Å². The molecule has 1 heterocycles. The van der Waals surface area contributed by atoms with Gasteiger partial charge in [0, 0.05) is 33.2 Å². The Morgan fingerprint density at radius 1 is 0.280 bits per heavy atom. The van der Waals surface area contributed by atoms with Crippen LogP contribution in [-0.4, -0.2) is 0 Å². The quantitative estimate of drug-likeness (QED) is 0.175. The SMILES string of the molecule is c1ccc(-c2ccc(N(c3cccc(-c4ccccc4)c3)c3ccc4c5ccccc5c5c(ccc6oc7ccccc7c65)c4c3)cc2)cc1. The second kappa shape index (κ2) is 11.5. The van der Waals surface area contributed by atoms with Crippen LogP contribution in [0.4, 0.5) is 17.1 Å². The van der Waals surface area contributed by atoms with Crippen molar-refractivity contribution in [2.75, 3.05) is 4.90 Å². The van der Waals surface area contributed by atoms with Crippen LogP contribution in [0.1, 0.15) is 0 Å². The van der Waals surface area contributed by atoms with E-state index < -0.39 is 0 Å². The number of furan rings is 1. The molecule has 0 N–H and O–H groups in total. The molecule has 2 nitrogen and oxygen atoms in total. The van der Waals surface area contributed by atoms with Gasteiger partial charge in [-0.1, -0.05) is 133 Å². The predicted molar refractivity (Wildman–Crippen MR) is 212 cm³/mol. The molecule has 50 heavy (non-hydrogen) atoms. The molecule has 0 bridgehead atoms. The maximum Gasteiger partial charge on any atom is 0.136 e. The second-order valence-corrected chi connectivity index (χ2v) is 12.9. The first kappa shape index (κ1) is 28.4. The summed E-state index contributed by atoms with van der Waals surface area (Å²) in [5.41, 5.74) is 9.91. The van der Waals surface area contributed by atoms with Gasteiger partial charge in [-0.05, 0) is 104 Å². The van der Waals surface area contributed by atoms with E-state index in [1.54, 1.807) is 0 Å². The minimum Gasteiger partial charge on any atom is -0.456 e. The Morgan fingerprint density at radius 2 is 0.820 bits per heavy atom.